The minimum Gasteiger partial charge on any atom is -0.497 e. The van der Waals surface area contributed by atoms with Crippen molar-refractivity contribution in [1.29, 1.82) is 0 Å². The zero-order valence-corrected chi connectivity index (χ0v) is 14.1. The van der Waals surface area contributed by atoms with Gasteiger partial charge in [-0.15, -0.1) is 0 Å². The third-order valence-electron chi connectivity index (χ3n) is 3.83. The lowest BCUT2D eigenvalue weighted by atomic mass is 10.1. The van der Waals surface area contributed by atoms with Crippen LogP contribution in [0.25, 0.3) is 0 Å². The summed E-state index contributed by atoms with van der Waals surface area (Å²) in [5, 5.41) is 2.88. The van der Waals surface area contributed by atoms with Gasteiger partial charge in [-0.05, 0) is 48.7 Å². The maximum absolute atomic E-state index is 13.7. The largest absolute Gasteiger partial charge is 0.497 e. The quantitative estimate of drug-likeness (QED) is 0.842. The number of nitrogens with one attached hydrogen (secondary N) is 1. The van der Waals surface area contributed by atoms with Gasteiger partial charge < -0.3 is 14.8 Å². The first-order valence-corrected chi connectivity index (χ1v) is 7.79. The Hall–Kier alpha value is -2.56. The highest BCUT2D eigenvalue weighted by Crippen LogP contribution is 2.22. The lowest BCUT2D eigenvalue weighted by Crippen LogP contribution is -2.26. The summed E-state index contributed by atoms with van der Waals surface area (Å²) >= 11 is 0. The van der Waals surface area contributed by atoms with Gasteiger partial charge in [-0.2, -0.15) is 0 Å². The summed E-state index contributed by atoms with van der Waals surface area (Å²) in [6.07, 6.45) is 0.975. The van der Waals surface area contributed by atoms with Crippen molar-refractivity contribution < 1.29 is 18.7 Å². The molecule has 1 unspecified atom stereocenters. The predicted molar refractivity (Wildman–Crippen MR) is 90.8 cm³/mol. The summed E-state index contributed by atoms with van der Waals surface area (Å²) in [6, 6.07) is 12.0. The number of hydrogen-bond acceptors (Lipinski definition) is 3. The van der Waals surface area contributed by atoms with Gasteiger partial charge in [0, 0.05) is 6.42 Å². The van der Waals surface area contributed by atoms with Crippen LogP contribution >= 0.6 is 0 Å². The Balaban J connectivity index is 1.90. The molecule has 0 saturated heterocycles. The van der Waals surface area contributed by atoms with Crippen molar-refractivity contribution in [3.8, 4) is 11.5 Å². The normalized spacial score (nSPS) is 11.7. The van der Waals surface area contributed by atoms with Crippen LogP contribution in [-0.4, -0.2) is 20.1 Å². The number of carbonyl (C=O) groups excluding carboxylic acids is 1. The molecule has 2 aromatic carbocycles. The molecule has 0 aliphatic carbocycles. The highest BCUT2D eigenvalue weighted by atomic mass is 19.1. The SMILES string of the molecule is COc1cccc(CCC(=O)NC(C)c2ccc(OC)c(F)c2)c1. The van der Waals surface area contributed by atoms with Gasteiger partial charge in [-0.1, -0.05) is 18.2 Å². The van der Waals surface area contributed by atoms with Gasteiger partial charge in [-0.25, -0.2) is 4.39 Å². The lowest BCUT2D eigenvalue weighted by molar-refractivity contribution is -0.121. The minimum absolute atomic E-state index is 0.0819. The first kappa shape index (κ1) is 17.8. The molecule has 0 fully saturated rings. The predicted octanol–water partition coefficient (Wildman–Crippen LogP) is 3.65. The third-order valence-corrected chi connectivity index (χ3v) is 3.83. The third kappa shape index (κ3) is 4.72. The minimum atomic E-state index is -0.438. The average Bonchev–Trinajstić information content (AvgIpc) is 2.60. The molecule has 5 heteroatoms. The van der Waals surface area contributed by atoms with Crippen molar-refractivity contribution in [2.24, 2.45) is 0 Å². The van der Waals surface area contributed by atoms with Gasteiger partial charge in [0.25, 0.3) is 0 Å². The van der Waals surface area contributed by atoms with E-state index in [2.05, 4.69) is 5.32 Å². The molecule has 24 heavy (non-hydrogen) atoms. The van der Waals surface area contributed by atoms with Gasteiger partial charge in [0.2, 0.25) is 5.91 Å². The van der Waals surface area contributed by atoms with Gasteiger partial charge in [0.05, 0.1) is 20.3 Å². The Kier molecular flexibility index (Phi) is 6.18. The van der Waals surface area contributed by atoms with Gasteiger partial charge in [0.1, 0.15) is 5.75 Å². The van der Waals surface area contributed by atoms with Gasteiger partial charge in [0.15, 0.2) is 11.6 Å². The van der Waals surface area contributed by atoms with Crippen molar-refractivity contribution >= 4 is 5.91 Å². The molecule has 0 radical (unpaired) electrons. The van der Waals surface area contributed by atoms with E-state index >= 15 is 0 Å². The van der Waals surface area contributed by atoms with Crippen molar-refractivity contribution in [2.45, 2.75) is 25.8 Å². The number of benzene rings is 2. The van der Waals surface area contributed by atoms with Crippen molar-refractivity contribution in [3.63, 3.8) is 0 Å². The van der Waals surface area contributed by atoms with Crippen LogP contribution in [0.3, 0.4) is 0 Å². The molecule has 0 saturated carbocycles. The van der Waals surface area contributed by atoms with Crippen molar-refractivity contribution in [3.05, 3.63) is 59.4 Å². The molecule has 0 aliphatic rings. The van der Waals surface area contributed by atoms with Gasteiger partial charge in [-0.3, -0.25) is 4.79 Å². The molecule has 0 spiro atoms. The van der Waals surface area contributed by atoms with E-state index in [9.17, 15) is 9.18 Å². The molecular formula is C19H22FNO3. The highest BCUT2D eigenvalue weighted by molar-refractivity contribution is 5.76. The topological polar surface area (TPSA) is 47.6 Å². The summed E-state index contributed by atoms with van der Waals surface area (Å²) in [7, 11) is 3.03. The van der Waals surface area contributed by atoms with Gasteiger partial charge >= 0.3 is 0 Å². The molecule has 0 heterocycles. The first-order valence-electron chi connectivity index (χ1n) is 7.79. The van der Waals surface area contributed by atoms with E-state index in [0.717, 1.165) is 11.3 Å². The summed E-state index contributed by atoms with van der Waals surface area (Å²) in [6.45, 7) is 1.82. The maximum atomic E-state index is 13.7. The Morgan fingerprint density at radius 1 is 1.17 bits per heavy atom. The molecule has 2 aromatic rings. The zero-order chi connectivity index (χ0) is 17.5. The number of amides is 1. The summed E-state index contributed by atoms with van der Waals surface area (Å²) in [4.78, 5) is 12.1. The number of halogens is 1. The van der Waals surface area contributed by atoms with Crippen LogP contribution in [0.4, 0.5) is 4.39 Å². The van der Waals surface area contributed by atoms with Crippen LogP contribution in [0.1, 0.15) is 30.5 Å². The Morgan fingerprint density at radius 2 is 1.96 bits per heavy atom. The molecule has 4 nitrogen and oxygen atoms in total. The van der Waals surface area contributed by atoms with Crippen molar-refractivity contribution in [2.75, 3.05) is 14.2 Å². The zero-order valence-electron chi connectivity index (χ0n) is 14.1. The fraction of sp³-hybridized carbons (Fsp3) is 0.316. The molecule has 1 amide bonds. The van der Waals surface area contributed by atoms with E-state index in [4.69, 9.17) is 9.47 Å². The van der Waals surface area contributed by atoms with E-state index < -0.39 is 5.82 Å². The Bertz CT molecular complexity index is 703. The smallest absolute Gasteiger partial charge is 0.220 e. The number of rotatable bonds is 7. The molecule has 0 bridgehead atoms. The number of aryl methyl sites for hydroxylation is 1. The standard InChI is InChI=1S/C19H22FNO3/c1-13(15-8-9-18(24-3)17(20)12-15)21-19(22)10-7-14-5-4-6-16(11-14)23-2/h4-6,8-9,11-13H,7,10H2,1-3H3,(H,21,22). The number of ether oxygens (including phenoxy) is 2. The molecule has 1 atom stereocenters. The van der Waals surface area contributed by atoms with Crippen LogP contribution < -0.4 is 14.8 Å². The van der Waals surface area contributed by atoms with Crippen LogP contribution in [-0.2, 0) is 11.2 Å². The Morgan fingerprint density at radius 3 is 2.62 bits per heavy atom. The van der Waals surface area contributed by atoms with E-state index in [1.165, 1.54) is 13.2 Å². The molecule has 0 aromatic heterocycles. The summed E-state index contributed by atoms with van der Waals surface area (Å²) in [5.41, 5.74) is 1.73. The van der Waals surface area contributed by atoms with Crippen molar-refractivity contribution in [1.82, 2.24) is 5.32 Å². The fourth-order valence-electron chi connectivity index (χ4n) is 2.43. The maximum Gasteiger partial charge on any atom is 0.220 e. The lowest BCUT2D eigenvalue weighted by Gasteiger charge is -2.15. The number of hydrogen-bond donors (Lipinski definition) is 1. The van der Waals surface area contributed by atoms with E-state index in [1.807, 2.05) is 31.2 Å². The molecule has 1 N–H and O–H groups in total. The second-order valence-electron chi connectivity index (χ2n) is 5.53. The van der Waals surface area contributed by atoms with E-state index in [1.54, 1.807) is 19.2 Å². The number of methoxy groups -OCH3 is 2. The molecule has 128 valence electrons. The molecular weight excluding hydrogens is 309 g/mol. The second kappa shape index (κ2) is 8.34. The monoisotopic (exact) mass is 331 g/mol. The number of carbonyl (C=O) groups is 1. The Labute approximate surface area is 141 Å². The summed E-state index contributed by atoms with van der Waals surface area (Å²) < 4.78 is 23.8. The van der Waals surface area contributed by atoms with Crippen LogP contribution in [0.15, 0.2) is 42.5 Å². The summed E-state index contributed by atoms with van der Waals surface area (Å²) in [5.74, 6) is 0.444. The van der Waals surface area contributed by atoms with Crippen LogP contribution in [0.2, 0.25) is 0 Å². The molecule has 0 aliphatic heterocycles. The van der Waals surface area contributed by atoms with Crippen LogP contribution in [0.5, 0.6) is 11.5 Å². The van der Waals surface area contributed by atoms with E-state index in [0.29, 0.717) is 18.4 Å². The fourth-order valence-corrected chi connectivity index (χ4v) is 2.43. The second-order valence-corrected chi connectivity index (χ2v) is 5.53. The highest BCUT2D eigenvalue weighted by Gasteiger charge is 2.12. The first-order chi connectivity index (χ1) is 11.5. The van der Waals surface area contributed by atoms with E-state index in [-0.39, 0.29) is 17.7 Å². The van der Waals surface area contributed by atoms with Crippen LogP contribution in [0, 0.1) is 5.82 Å². The average molecular weight is 331 g/mol. The molecule has 2 rings (SSSR count).